The number of hydrogen-bond donors (Lipinski definition) is 0. The number of carboxylic acids is 1. The van der Waals surface area contributed by atoms with Crippen molar-refractivity contribution in [2.24, 2.45) is 11.8 Å². The second-order valence-electron chi connectivity index (χ2n) is 4.53. The second-order valence-corrected chi connectivity index (χ2v) is 5.11. The van der Waals surface area contributed by atoms with Gasteiger partial charge in [-0.2, -0.15) is 0 Å². The molecule has 0 bridgehead atoms. The maximum Gasteiger partial charge on any atom is 1.00 e. The molecule has 0 radical (unpaired) electrons. The van der Waals surface area contributed by atoms with Gasteiger partial charge in [0.05, 0.1) is 5.92 Å². The molecule has 0 fully saturated rings. The Morgan fingerprint density at radius 2 is 1.90 bits per heavy atom. The molecule has 0 spiro atoms. The topological polar surface area (TPSA) is 107 Å². The zero-order valence-corrected chi connectivity index (χ0v) is 15.1. The first-order chi connectivity index (χ1) is 8.90. The van der Waals surface area contributed by atoms with Gasteiger partial charge in [0.1, 0.15) is 11.4 Å². The average molecular weight is 315 g/mol. The molecule has 8 heteroatoms. The van der Waals surface area contributed by atoms with Crippen molar-refractivity contribution in [2.45, 2.75) is 52.4 Å². The van der Waals surface area contributed by atoms with Gasteiger partial charge in [-0.25, -0.2) is 4.21 Å². The van der Waals surface area contributed by atoms with Crippen LogP contribution in [0.25, 0.3) is 0 Å². The maximum atomic E-state index is 11.5. The Hall–Kier alpha value is 0.0500. The molecule has 0 amide bonds. The van der Waals surface area contributed by atoms with Crippen molar-refractivity contribution in [2.75, 3.05) is 0 Å². The minimum absolute atomic E-state index is 0. The summed E-state index contributed by atoms with van der Waals surface area (Å²) in [6.07, 6.45) is 3.47. The van der Waals surface area contributed by atoms with Crippen molar-refractivity contribution in [3.8, 4) is 0 Å². The van der Waals surface area contributed by atoms with Gasteiger partial charge < -0.3 is 18.6 Å². The molecule has 0 rings (SSSR count). The molecule has 0 aliphatic heterocycles. The van der Waals surface area contributed by atoms with E-state index in [2.05, 4.69) is 4.18 Å². The molecule has 6 nitrogen and oxygen atoms in total. The summed E-state index contributed by atoms with van der Waals surface area (Å²) in [6, 6.07) is 0. The Morgan fingerprint density at radius 1 is 1.30 bits per heavy atom. The van der Waals surface area contributed by atoms with Crippen LogP contribution >= 0.6 is 0 Å². The van der Waals surface area contributed by atoms with Crippen LogP contribution in [0.15, 0.2) is 0 Å². The number of carbonyl (C=O) groups is 2. The van der Waals surface area contributed by atoms with E-state index in [-0.39, 0.29) is 35.5 Å². The van der Waals surface area contributed by atoms with Gasteiger partial charge in [-0.15, -0.1) is 0 Å². The molecule has 0 aliphatic carbocycles. The van der Waals surface area contributed by atoms with E-state index in [0.717, 1.165) is 25.7 Å². The van der Waals surface area contributed by atoms with E-state index in [1.54, 1.807) is 0 Å². The third-order valence-electron chi connectivity index (χ3n) is 3.06. The van der Waals surface area contributed by atoms with Crippen LogP contribution in [0.4, 0.5) is 0 Å². The van der Waals surface area contributed by atoms with E-state index in [0.29, 0.717) is 6.42 Å². The van der Waals surface area contributed by atoms with Gasteiger partial charge in [0.25, 0.3) is 0 Å². The average Bonchev–Trinajstić information content (AvgIpc) is 2.31. The van der Waals surface area contributed by atoms with Crippen molar-refractivity contribution in [1.82, 2.24) is 0 Å². The van der Waals surface area contributed by atoms with Crippen molar-refractivity contribution >= 4 is 23.3 Å². The first-order valence-corrected chi connectivity index (χ1v) is 7.41. The Labute approximate surface area is 144 Å². The molecule has 3 unspecified atom stereocenters. The van der Waals surface area contributed by atoms with Crippen LogP contribution in [-0.2, 0) is 25.1 Å². The molecular weight excluding hydrogens is 295 g/mol. The summed E-state index contributed by atoms with van der Waals surface area (Å²) in [5.74, 6) is -3.20. The molecule has 0 saturated carbocycles. The predicted molar refractivity (Wildman–Crippen MR) is 66.0 cm³/mol. The summed E-state index contributed by atoms with van der Waals surface area (Å²) in [4.78, 5) is 22.1. The van der Waals surface area contributed by atoms with Crippen LogP contribution < -0.4 is 34.7 Å². The van der Waals surface area contributed by atoms with Crippen molar-refractivity contribution in [3.63, 3.8) is 0 Å². The SMILES string of the molecule is CCCCC(CC)CC(CC(=O)[O-])C(=O)OS(=O)[O-].[Na+]. The number of carboxylic acid groups (broad SMARTS) is 1. The number of unbranched alkanes of at least 4 members (excludes halogenated alkanes) is 1. The Kier molecular flexibility index (Phi) is 14.3. The molecule has 0 heterocycles. The maximum absolute atomic E-state index is 11.5. The number of hydrogen-bond acceptors (Lipinski definition) is 6. The quantitative estimate of drug-likeness (QED) is 0.331. The van der Waals surface area contributed by atoms with Crippen molar-refractivity contribution < 1.29 is 57.2 Å². The predicted octanol–water partition coefficient (Wildman–Crippen LogP) is -2.31. The molecule has 0 aromatic heterocycles. The third kappa shape index (κ3) is 10.8. The molecule has 0 aromatic carbocycles. The van der Waals surface area contributed by atoms with Crippen LogP contribution in [0.1, 0.15) is 52.4 Å². The van der Waals surface area contributed by atoms with E-state index in [9.17, 15) is 23.5 Å². The van der Waals surface area contributed by atoms with Crippen LogP contribution in [0.5, 0.6) is 0 Å². The van der Waals surface area contributed by atoms with E-state index >= 15 is 0 Å². The molecule has 0 aliphatic rings. The Balaban J connectivity index is 0. The van der Waals surface area contributed by atoms with Gasteiger partial charge >= 0.3 is 35.5 Å². The van der Waals surface area contributed by atoms with Gasteiger partial charge in [0.2, 0.25) is 0 Å². The van der Waals surface area contributed by atoms with Gasteiger partial charge in [0.15, 0.2) is 0 Å². The van der Waals surface area contributed by atoms with Crippen LogP contribution in [-0.4, -0.2) is 20.7 Å². The standard InChI is InChI=1S/C12H22O6S.Na/c1-3-5-6-9(4-2)7-10(8-11(13)14)12(15)18-19(16)17;/h9-10H,3-8H2,1-2H3,(H,13,14)(H,16,17);/q;+1/p-2. The minimum Gasteiger partial charge on any atom is -0.740 e. The second kappa shape index (κ2) is 12.8. The summed E-state index contributed by atoms with van der Waals surface area (Å²) in [5, 5.41) is 10.6. The van der Waals surface area contributed by atoms with Gasteiger partial charge in [-0.3, -0.25) is 4.79 Å². The molecule has 0 N–H and O–H groups in total. The first-order valence-electron chi connectivity index (χ1n) is 6.41. The third-order valence-corrected chi connectivity index (χ3v) is 3.36. The van der Waals surface area contributed by atoms with Gasteiger partial charge in [-0.05, 0) is 12.3 Å². The van der Waals surface area contributed by atoms with Crippen LogP contribution in [0.2, 0.25) is 0 Å². The normalized spacial score (nSPS) is 14.8. The largest absolute Gasteiger partial charge is 1.00 e. The van der Waals surface area contributed by atoms with Crippen LogP contribution in [0, 0.1) is 11.8 Å². The first kappa shape index (κ1) is 22.3. The number of rotatable bonds is 10. The Morgan fingerprint density at radius 3 is 2.30 bits per heavy atom. The smallest absolute Gasteiger partial charge is 0.740 e. The fourth-order valence-electron chi connectivity index (χ4n) is 1.98. The molecule has 3 atom stereocenters. The molecule has 20 heavy (non-hydrogen) atoms. The zero-order chi connectivity index (χ0) is 14.8. The fraction of sp³-hybridized carbons (Fsp3) is 0.833. The van der Waals surface area contributed by atoms with E-state index in [4.69, 9.17) is 0 Å². The molecular formula is C12H20NaO6S-. The fourth-order valence-corrected chi connectivity index (χ4v) is 2.25. The number of aliphatic carboxylic acids is 1. The van der Waals surface area contributed by atoms with E-state index < -0.39 is 35.6 Å². The minimum atomic E-state index is -2.97. The summed E-state index contributed by atoms with van der Waals surface area (Å²) in [5.41, 5.74) is 0. The van der Waals surface area contributed by atoms with Crippen LogP contribution in [0.3, 0.4) is 0 Å². The van der Waals surface area contributed by atoms with E-state index in [1.165, 1.54) is 0 Å². The summed E-state index contributed by atoms with van der Waals surface area (Å²) >= 11 is -2.97. The van der Waals surface area contributed by atoms with Crippen molar-refractivity contribution in [3.05, 3.63) is 0 Å². The van der Waals surface area contributed by atoms with Gasteiger partial charge in [-0.1, -0.05) is 39.5 Å². The summed E-state index contributed by atoms with van der Waals surface area (Å²) in [7, 11) is 0. The monoisotopic (exact) mass is 315 g/mol. The van der Waals surface area contributed by atoms with E-state index in [1.807, 2.05) is 13.8 Å². The molecule has 0 aromatic rings. The van der Waals surface area contributed by atoms with Gasteiger partial charge in [0, 0.05) is 12.4 Å². The van der Waals surface area contributed by atoms with Crippen molar-refractivity contribution in [1.29, 1.82) is 0 Å². The molecule has 112 valence electrons. The zero-order valence-electron chi connectivity index (χ0n) is 12.3. The molecule has 0 saturated heterocycles. The Bertz CT molecular complexity index is 323. The summed E-state index contributed by atoms with van der Waals surface area (Å²) in [6.45, 7) is 3.99. The number of carbonyl (C=O) groups excluding carboxylic acids is 2. The summed E-state index contributed by atoms with van der Waals surface area (Å²) < 4.78 is 24.7.